The Kier molecular flexibility index (Phi) is 10.6. The van der Waals surface area contributed by atoms with E-state index in [2.05, 4.69) is 9.47 Å². The number of nitrogens with zero attached hydrogens (tertiary/aromatic N) is 4. The van der Waals surface area contributed by atoms with E-state index in [1.165, 1.54) is 0 Å². The quantitative estimate of drug-likeness (QED) is 0.139. The van der Waals surface area contributed by atoms with Crippen LogP contribution in [0.5, 0.6) is 23.0 Å². The maximum atomic E-state index is 11.3. The fourth-order valence-corrected chi connectivity index (χ4v) is 2.07. The Bertz CT molecular complexity index is 1120. The van der Waals surface area contributed by atoms with Crippen LogP contribution in [0.4, 0.5) is 32.3 Å². The second-order valence-electron chi connectivity index (χ2n) is 5.29. The van der Waals surface area contributed by atoms with Crippen molar-refractivity contribution in [3.63, 3.8) is 0 Å². The van der Waals surface area contributed by atoms with Gasteiger partial charge in [0.05, 0.1) is 31.2 Å². The number of nitro groups is 4. The zero-order chi connectivity index (χ0) is 26.3. The minimum atomic E-state index is -1.87. The number of ether oxygens (including phenoxy) is 2. The molecule has 0 amide bonds. The fourth-order valence-electron chi connectivity index (χ4n) is 2.07. The molecule has 0 unspecified atom stereocenters. The predicted molar refractivity (Wildman–Crippen MR) is 101 cm³/mol. The fraction of sp³-hybridized carbons (Fsp3) is 0. The van der Waals surface area contributed by atoms with E-state index in [9.17, 15) is 60.3 Å². The topological polar surface area (TPSA) is 312 Å². The van der Waals surface area contributed by atoms with Gasteiger partial charge in [-0.15, -0.1) is 0 Å². The summed E-state index contributed by atoms with van der Waals surface area (Å²) in [5.74, 6) is -4.76. The molecule has 20 nitrogen and oxygen atoms in total. The normalized spacial score (nSPS) is 9.37. The monoisotopic (exact) mass is 694 g/mol. The number of benzene rings is 2. The van der Waals surface area contributed by atoms with Crippen LogP contribution in [0.25, 0.3) is 0 Å². The molecule has 2 radical (unpaired) electrons. The molecule has 0 saturated heterocycles. The first-order valence-electron chi connectivity index (χ1n) is 7.76. The van der Waals surface area contributed by atoms with Crippen molar-refractivity contribution in [1.82, 2.24) is 0 Å². The number of carboxylic acid groups (broad SMARTS) is 2. The summed E-state index contributed by atoms with van der Waals surface area (Å²) in [5.41, 5.74) is -4.65. The Morgan fingerprint density at radius 2 is 0.914 bits per heavy atom. The van der Waals surface area contributed by atoms with Crippen molar-refractivity contribution in [1.29, 1.82) is 0 Å². The van der Waals surface area contributed by atoms with Gasteiger partial charge in [0.25, 0.3) is 11.4 Å². The molecule has 0 aliphatic carbocycles. The molecule has 0 atom stereocenters. The molecule has 0 bridgehead atoms. The molecule has 0 aliphatic rings. The van der Waals surface area contributed by atoms with Crippen LogP contribution in [-0.2, 0) is 0 Å². The van der Waals surface area contributed by atoms with E-state index in [-0.39, 0.29) is 27.3 Å². The van der Waals surface area contributed by atoms with Crippen molar-refractivity contribution in [2.75, 3.05) is 0 Å². The molecule has 182 valence electrons. The van der Waals surface area contributed by atoms with Gasteiger partial charge < -0.3 is 29.9 Å². The number of hydrogen-bond acceptors (Lipinski definition) is 14. The molecule has 2 rings (SSSR count). The molecule has 0 aliphatic heterocycles. The second kappa shape index (κ2) is 12.4. The molecular weight excluding hydrogens is 687 g/mol. The molecule has 0 saturated carbocycles. The molecule has 2 aromatic rings. The molecule has 0 spiro atoms. The minimum Gasteiger partial charge on any atom is -0.863 e. The number of nitro benzene ring substituents is 4. The summed E-state index contributed by atoms with van der Waals surface area (Å²) in [7, 11) is 0. The Morgan fingerprint density at radius 3 is 1.11 bits per heavy atom. The van der Waals surface area contributed by atoms with E-state index in [1.54, 1.807) is 0 Å². The van der Waals surface area contributed by atoms with Gasteiger partial charge in [-0.3, -0.25) is 40.5 Å². The molecule has 2 N–H and O–H groups in total. The maximum Gasteiger partial charge on any atom is 2.00 e. The molecule has 2 aromatic carbocycles. The average molecular weight is 693 g/mol. The van der Waals surface area contributed by atoms with E-state index in [0.717, 1.165) is 0 Å². The van der Waals surface area contributed by atoms with Crippen molar-refractivity contribution in [2.24, 2.45) is 0 Å². The van der Waals surface area contributed by atoms with Gasteiger partial charge in [-0.05, 0) is 12.1 Å². The van der Waals surface area contributed by atoms with Crippen LogP contribution in [-0.4, -0.2) is 69.5 Å². The van der Waals surface area contributed by atoms with Crippen LogP contribution in [0.3, 0.4) is 0 Å². The van der Waals surface area contributed by atoms with Crippen LogP contribution in [0.1, 0.15) is 0 Å². The first kappa shape index (κ1) is 30.1. The van der Waals surface area contributed by atoms with Gasteiger partial charge >= 0.3 is 51.0 Å². The molecule has 35 heavy (non-hydrogen) atoms. The van der Waals surface area contributed by atoms with Gasteiger partial charge in [-0.1, -0.05) is 0 Å². The summed E-state index contributed by atoms with van der Waals surface area (Å²) in [6.07, 6.45) is -3.75. The minimum absolute atomic E-state index is 0. The Balaban J connectivity index is 0.000000642. The van der Waals surface area contributed by atoms with Gasteiger partial charge in [-0.2, -0.15) is 0 Å². The van der Waals surface area contributed by atoms with Crippen molar-refractivity contribution in [3.05, 3.63) is 64.7 Å². The summed E-state index contributed by atoms with van der Waals surface area (Å²) >= 11 is 0. The van der Waals surface area contributed by atoms with Gasteiger partial charge in [0.2, 0.25) is 11.5 Å². The molecule has 0 heterocycles. The zero-order valence-electron chi connectivity index (χ0n) is 16.2. The van der Waals surface area contributed by atoms with Gasteiger partial charge in [0.1, 0.15) is 0 Å². The molecular formula is C14H6N4O16Pb. The third-order valence-corrected chi connectivity index (χ3v) is 3.30. The molecule has 0 fully saturated rings. The Hall–Kier alpha value is -4.90. The first-order valence-corrected chi connectivity index (χ1v) is 7.76. The smallest absolute Gasteiger partial charge is 0.863 e. The first-order chi connectivity index (χ1) is 15.7. The van der Waals surface area contributed by atoms with Crippen molar-refractivity contribution < 1.29 is 59.2 Å². The third-order valence-electron chi connectivity index (χ3n) is 3.30. The van der Waals surface area contributed by atoms with E-state index in [1.807, 2.05) is 0 Å². The standard InChI is InChI=1S/2C7H4N2O8.Pb/c2*10-6-3(8(13)14)1-2-4(17-7(11)12)5(6)9(15)16;/h2*1-2,10H,(H,11,12);/q;;+2/p-2. The van der Waals surface area contributed by atoms with Gasteiger partial charge in [0.15, 0.2) is 0 Å². The number of hydrogen-bond donors (Lipinski definition) is 2. The third kappa shape index (κ3) is 7.58. The van der Waals surface area contributed by atoms with E-state index < -0.39 is 77.8 Å². The van der Waals surface area contributed by atoms with E-state index >= 15 is 0 Å². The number of rotatable bonds is 6. The maximum absolute atomic E-state index is 11.3. The summed E-state index contributed by atoms with van der Waals surface area (Å²) in [4.78, 5) is 57.4. The molecule has 21 heteroatoms. The summed E-state index contributed by atoms with van der Waals surface area (Å²) in [5, 5.41) is 80.8. The van der Waals surface area contributed by atoms with Gasteiger partial charge in [-0.25, -0.2) is 9.59 Å². The van der Waals surface area contributed by atoms with Crippen LogP contribution >= 0.6 is 0 Å². The SMILES string of the molecule is O=C(O)Oc1ccc([N+](=O)[O-])c([O-])c1[N+](=O)[O-].O=C(O)Oc1ccc([N+](=O)[O-])c([O-])c1[N+](=O)[O-].[Pb+2]. The Morgan fingerprint density at radius 1 is 0.629 bits per heavy atom. The van der Waals surface area contributed by atoms with Crippen LogP contribution in [0.15, 0.2) is 24.3 Å². The summed E-state index contributed by atoms with van der Waals surface area (Å²) in [6, 6.07) is 2.61. The van der Waals surface area contributed by atoms with E-state index in [0.29, 0.717) is 24.3 Å². The van der Waals surface area contributed by atoms with Gasteiger partial charge in [0, 0.05) is 12.1 Å². The van der Waals surface area contributed by atoms with Crippen LogP contribution in [0, 0.1) is 40.5 Å². The van der Waals surface area contributed by atoms with E-state index in [4.69, 9.17) is 10.2 Å². The largest absolute Gasteiger partial charge is 2.00 e. The van der Waals surface area contributed by atoms with Crippen molar-refractivity contribution in [3.8, 4) is 23.0 Å². The second-order valence-corrected chi connectivity index (χ2v) is 5.29. The summed E-state index contributed by atoms with van der Waals surface area (Å²) < 4.78 is 7.95. The average Bonchev–Trinajstić information content (AvgIpc) is 2.66. The predicted octanol–water partition coefficient (Wildman–Crippen LogP) is 0.886. The summed E-state index contributed by atoms with van der Waals surface area (Å²) in [6.45, 7) is 0. The van der Waals surface area contributed by atoms with Crippen LogP contribution in [0.2, 0.25) is 0 Å². The Labute approximate surface area is 209 Å². The zero-order valence-corrected chi connectivity index (χ0v) is 20.1. The number of carbonyl (C=O) groups is 2. The molecule has 0 aromatic heterocycles. The van der Waals surface area contributed by atoms with Crippen molar-refractivity contribution >= 4 is 62.4 Å². The van der Waals surface area contributed by atoms with Crippen molar-refractivity contribution in [2.45, 2.75) is 0 Å². The van der Waals surface area contributed by atoms with Crippen LogP contribution < -0.4 is 19.7 Å².